The molecule has 7 nitrogen and oxygen atoms in total. The van der Waals surface area contributed by atoms with Gasteiger partial charge in [-0.2, -0.15) is 5.26 Å². The highest BCUT2D eigenvalue weighted by atomic mass is 16.4. The quantitative estimate of drug-likeness (QED) is 0.471. The summed E-state index contributed by atoms with van der Waals surface area (Å²) in [5, 5.41) is 9.51. The normalized spacial score (nSPS) is 11.0. The van der Waals surface area contributed by atoms with Gasteiger partial charge in [-0.3, -0.25) is 14.5 Å². The van der Waals surface area contributed by atoms with Crippen molar-refractivity contribution in [1.82, 2.24) is 14.5 Å². The van der Waals surface area contributed by atoms with Gasteiger partial charge in [-0.1, -0.05) is 18.2 Å². The number of pyridine rings is 1. The monoisotopic (exact) mass is 394 g/mol. The van der Waals surface area contributed by atoms with E-state index < -0.39 is 11.3 Å². The maximum atomic E-state index is 12.8. The second-order valence-electron chi connectivity index (χ2n) is 6.83. The third-order valence-electron chi connectivity index (χ3n) is 5.03. The molecule has 0 saturated carbocycles. The van der Waals surface area contributed by atoms with Gasteiger partial charge in [0.1, 0.15) is 5.58 Å². The Balaban J connectivity index is 1.83. The lowest BCUT2D eigenvalue weighted by atomic mass is 10.0. The number of nitrogens with zero attached hydrogens (tertiary/aromatic N) is 3. The third kappa shape index (κ3) is 2.79. The molecule has 0 bridgehead atoms. The highest BCUT2D eigenvalue weighted by Gasteiger charge is 2.17. The van der Waals surface area contributed by atoms with E-state index in [1.54, 1.807) is 42.7 Å². The molecule has 3 heterocycles. The summed E-state index contributed by atoms with van der Waals surface area (Å²) in [5.74, 6) is 0. The van der Waals surface area contributed by atoms with E-state index >= 15 is 0 Å². The molecule has 0 aliphatic rings. The Morgan fingerprint density at radius 1 is 1.00 bits per heavy atom. The molecule has 0 atom stereocenters. The van der Waals surface area contributed by atoms with Crippen LogP contribution in [0.3, 0.4) is 0 Å². The first-order valence-corrected chi connectivity index (χ1v) is 9.24. The number of benzene rings is 2. The number of rotatable bonds is 3. The number of nitriles is 1. The summed E-state index contributed by atoms with van der Waals surface area (Å²) >= 11 is 0. The molecule has 144 valence electrons. The number of hydrogen-bond acceptors (Lipinski definition) is 5. The summed E-state index contributed by atoms with van der Waals surface area (Å²) in [6.45, 7) is 0. The van der Waals surface area contributed by atoms with Crippen LogP contribution in [0, 0.1) is 11.3 Å². The zero-order valence-corrected chi connectivity index (χ0v) is 15.6. The predicted octanol–water partition coefficient (Wildman–Crippen LogP) is 3.55. The number of H-pyrrole nitrogens is 1. The zero-order chi connectivity index (χ0) is 20.7. The minimum Gasteiger partial charge on any atom is -0.421 e. The minimum atomic E-state index is -0.605. The average molecular weight is 394 g/mol. The molecule has 1 N–H and O–H groups in total. The van der Waals surface area contributed by atoms with Crippen LogP contribution in [-0.2, 0) is 6.42 Å². The van der Waals surface area contributed by atoms with E-state index in [0.29, 0.717) is 22.2 Å². The van der Waals surface area contributed by atoms with Gasteiger partial charge in [0.15, 0.2) is 5.52 Å². The summed E-state index contributed by atoms with van der Waals surface area (Å²) in [4.78, 5) is 31.9. The molecule has 0 amide bonds. The highest BCUT2D eigenvalue weighted by molar-refractivity contribution is 6.03. The summed E-state index contributed by atoms with van der Waals surface area (Å²) in [7, 11) is 0. The SMILES string of the molecule is N#CCc1ccc(-n2c(=O)[nH]c3c(=O)oc4ccc(-c5ccncc5)cc4c32)cc1. The molecule has 0 spiro atoms. The van der Waals surface area contributed by atoms with Crippen molar-refractivity contribution < 1.29 is 4.42 Å². The van der Waals surface area contributed by atoms with E-state index in [9.17, 15) is 9.59 Å². The fourth-order valence-corrected chi connectivity index (χ4v) is 3.62. The van der Waals surface area contributed by atoms with Gasteiger partial charge in [-0.25, -0.2) is 9.59 Å². The lowest BCUT2D eigenvalue weighted by Crippen LogP contribution is -2.14. The fraction of sp³-hybridized carbons (Fsp3) is 0.0435. The van der Waals surface area contributed by atoms with Crippen LogP contribution in [0.5, 0.6) is 0 Å². The van der Waals surface area contributed by atoms with Crippen molar-refractivity contribution in [2.75, 3.05) is 0 Å². The fourth-order valence-electron chi connectivity index (χ4n) is 3.62. The largest absolute Gasteiger partial charge is 0.421 e. The van der Waals surface area contributed by atoms with Gasteiger partial charge in [-0.15, -0.1) is 0 Å². The van der Waals surface area contributed by atoms with Crippen LogP contribution in [0.1, 0.15) is 5.56 Å². The molecular weight excluding hydrogens is 380 g/mol. The Labute approximate surface area is 169 Å². The molecule has 2 aromatic carbocycles. The third-order valence-corrected chi connectivity index (χ3v) is 5.03. The summed E-state index contributed by atoms with van der Waals surface area (Å²) in [6.07, 6.45) is 3.69. The average Bonchev–Trinajstić information content (AvgIpc) is 3.13. The number of hydrogen-bond donors (Lipinski definition) is 1. The number of aromatic nitrogens is 3. The molecule has 0 fully saturated rings. The van der Waals surface area contributed by atoms with E-state index in [4.69, 9.17) is 9.68 Å². The van der Waals surface area contributed by atoms with E-state index in [1.165, 1.54) is 4.57 Å². The molecule has 7 heteroatoms. The number of fused-ring (bicyclic) bond motifs is 3. The van der Waals surface area contributed by atoms with Gasteiger partial charge in [0.25, 0.3) is 0 Å². The second kappa shape index (κ2) is 6.87. The topological polar surface area (TPSA) is 105 Å². The predicted molar refractivity (Wildman–Crippen MR) is 112 cm³/mol. The van der Waals surface area contributed by atoms with Crippen molar-refractivity contribution in [3.05, 3.63) is 93.5 Å². The second-order valence-corrected chi connectivity index (χ2v) is 6.83. The Hall–Kier alpha value is -4.44. The van der Waals surface area contributed by atoms with Gasteiger partial charge >= 0.3 is 11.3 Å². The number of imidazole rings is 1. The maximum absolute atomic E-state index is 12.8. The van der Waals surface area contributed by atoms with Gasteiger partial charge in [0.2, 0.25) is 0 Å². The van der Waals surface area contributed by atoms with Gasteiger partial charge < -0.3 is 4.42 Å². The van der Waals surface area contributed by atoms with Crippen LogP contribution >= 0.6 is 0 Å². The van der Waals surface area contributed by atoms with Gasteiger partial charge in [0.05, 0.1) is 23.7 Å². The molecule has 0 unspecified atom stereocenters. The molecule has 0 saturated heterocycles. The van der Waals surface area contributed by atoms with Gasteiger partial charge in [-0.05, 0) is 53.1 Å². The lowest BCUT2D eigenvalue weighted by molar-refractivity contribution is 0.568. The standard InChI is InChI=1S/C23H14N4O3/c24-10-7-14-1-4-17(5-2-14)27-21-18-13-16(15-8-11-25-12-9-15)3-6-19(18)30-22(28)20(21)26-23(27)29/h1-6,8-9,11-13H,7H2,(H,26,29). The molecule has 0 aliphatic heterocycles. The number of aromatic amines is 1. The first-order valence-electron chi connectivity index (χ1n) is 9.24. The Morgan fingerprint density at radius 3 is 2.50 bits per heavy atom. The van der Waals surface area contributed by atoms with E-state index in [0.717, 1.165) is 16.7 Å². The number of nitrogens with one attached hydrogen (secondary N) is 1. The Bertz CT molecular complexity index is 1550. The van der Waals surface area contributed by atoms with Crippen LogP contribution in [0.15, 0.2) is 81.0 Å². The molecule has 0 aliphatic carbocycles. The first-order chi connectivity index (χ1) is 14.7. The van der Waals surface area contributed by atoms with Crippen LogP contribution in [0.4, 0.5) is 0 Å². The Morgan fingerprint density at radius 2 is 1.77 bits per heavy atom. The van der Waals surface area contributed by atoms with Crippen molar-refractivity contribution in [1.29, 1.82) is 5.26 Å². The summed E-state index contributed by atoms with van der Waals surface area (Å²) < 4.78 is 6.89. The van der Waals surface area contributed by atoms with Crippen LogP contribution in [-0.4, -0.2) is 14.5 Å². The van der Waals surface area contributed by atoms with Gasteiger partial charge in [0, 0.05) is 17.8 Å². The Kier molecular flexibility index (Phi) is 4.04. The maximum Gasteiger partial charge on any atom is 0.362 e. The van der Waals surface area contributed by atoms with Crippen molar-refractivity contribution >= 4 is 22.0 Å². The van der Waals surface area contributed by atoms with Crippen LogP contribution < -0.4 is 11.3 Å². The minimum absolute atomic E-state index is 0.112. The van der Waals surface area contributed by atoms with E-state index in [2.05, 4.69) is 16.0 Å². The zero-order valence-electron chi connectivity index (χ0n) is 15.6. The smallest absolute Gasteiger partial charge is 0.362 e. The van der Waals surface area contributed by atoms with Crippen LogP contribution in [0.2, 0.25) is 0 Å². The van der Waals surface area contributed by atoms with Crippen molar-refractivity contribution in [2.45, 2.75) is 6.42 Å². The first kappa shape index (κ1) is 17.6. The molecule has 3 aromatic heterocycles. The molecule has 5 rings (SSSR count). The van der Waals surface area contributed by atoms with Crippen molar-refractivity contribution in [3.63, 3.8) is 0 Å². The highest BCUT2D eigenvalue weighted by Crippen LogP contribution is 2.28. The van der Waals surface area contributed by atoms with Crippen LogP contribution in [0.25, 0.3) is 38.8 Å². The summed E-state index contributed by atoms with van der Waals surface area (Å²) in [6, 6.07) is 18.4. The van der Waals surface area contributed by atoms with Crippen molar-refractivity contribution in [3.8, 4) is 22.9 Å². The van der Waals surface area contributed by atoms with E-state index in [1.807, 2.05) is 24.3 Å². The molecule has 30 heavy (non-hydrogen) atoms. The molecular formula is C23H14N4O3. The molecule has 5 aromatic rings. The summed E-state index contributed by atoms with van der Waals surface area (Å²) in [5.41, 5.74) is 3.21. The van der Waals surface area contributed by atoms with E-state index in [-0.39, 0.29) is 11.9 Å². The molecule has 0 radical (unpaired) electrons. The lowest BCUT2D eigenvalue weighted by Gasteiger charge is -2.08. The van der Waals surface area contributed by atoms with Crippen molar-refractivity contribution in [2.24, 2.45) is 0 Å².